The third-order valence-electron chi connectivity index (χ3n) is 2.91. The maximum atomic E-state index is 10.7. The molecule has 0 saturated heterocycles. The van der Waals surface area contributed by atoms with Crippen molar-refractivity contribution in [1.82, 2.24) is 0 Å². The van der Waals surface area contributed by atoms with Crippen LogP contribution in [-0.2, 0) is 4.79 Å². The van der Waals surface area contributed by atoms with Crippen LogP contribution in [0.15, 0.2) is 0 Å². The average Bonchev–Trinajstić information content (AvgIpc) is 2.15. The fourth-order valence-electron chi connectivity index (χ4n) is 1.66. The van der Waals surface area contributed by atoms with E-state index in [-0.39, 0.29) is 0 Å². The van der Waals surface area contributed by atoms with Crippen LogP contribution in [0, 0.1) is 0 Å². The molecule has 0 bridgehead atoms. The quantitative estimate of drug-likeness (QED) is 0.520. The van der Waals surface area contributed by atoms with Crippen LogP contribution in [0.5, 0.6) is 0 Å². The van der Waals surface area contributed by atoms with Gasteiger partial charge in [-0.05, 0) is 0 Å². The van der Waals surface area contributed by atoms with Crippen LogP contribution in [0.4, 0.5) is 0 Å². The molecule has 1 N–H and O–H groups in total. The molecule has 2 nitrogen and oxygen atoms in total. The van der Waals surface area contributed by atoms with Gasteiger partial charge in [-0.15, -0.1) is 0 Å². The molecule has 46 valence electrons. The van der Waals surface area contributed by atoms with Gasteiger partial charge in [-0.2, -0.15) is 0 Å². The number of carboxylic acids is 1. The van der Waals surface area contributed by atoms with Crippen LogP contribution in [0.1, 0.15) is 19.3 Å². The topological polar surface area (TPSA) is 37.3 Å². The van der Waals surface area contributed by atoms with Gasteiger partial charge in [0.15, 0.2) is 0 Å². The Morgan fingerprint density at radius 3 is 2.50 bits per heavy atom. The average molecular weight is 126 g/mol. The molecule has 0 radical (unpaired) electrons. The van der Waals surface area contributed by atoms with E-state index in [4.69, 9.17) is 5.11 Å². The molecule has 4 heteroatoms. The number of carboxylic acid groups (broad SMARTS) is 1. The number of aliphatic carboxylic acids is 1. The fourth-order valence-corrected chi connectivity index (χ4v) is 1.66. The zero-order valence-electron chi connectivity index (χ0n) is 6.55. The van der Waals surface area contributed by atoms with Crippen LogP contribution >= 0.6 is 0 Å². The molecule has 0 aromatic carbocycles. The summed E-state index contributed by atoms with van der Waals surface area (Å²) in [5.41, 5.74) is 0. The predicted octanol–water partition coefficient (Wildman–Crippen LogP) is 0.539. The van der Waals surface area contributed by atoms with Crippen LogP contribution in [0.3, 0.4) is 0 Å². The van der Waals surface area contributed by atoms with Gasteiger partial charge < -0.3 is 0 Å². The summed E-state index contributed by atoms with van der Waals surface area (Å²) < 4.78 is -0.0787. The van der Waals surface area contributed by atoms with Crippen molar-refractivity contribution in [3.63, 3.8) is 0 Å². The Morgan fingerprint density at radius 2 is 2.30 bits per heavy atom. The van der Waals surface area contributed by atoms with Crippen LogP contribution < -0.4 is 0 Å². The number of hydrogen-bond acceptors (Lipinski definition) is 1. The first kappa shape index (κ1) is 8.76. The van der Waals surface area contributed by atoms with E-state index in [1.54, 1.807) is 0 Å². The van der Waals surface area contributed by atoms with E-state index in [1.807, 2.05) is 35.4 Å². The first-order chi connectivity index (χ1) is 4.57. The molecule has 1 aliphatic carbocycles. The van der Waals surface area contributed by atoms with Gasteiger partial charge in [0.25, 0.3) is 0 Å². The van der Waals surface area contributed by atoms with E-state index in [2.05, 4.69) is 0 Å². The molecular weight excluding hydrogens is 118 g/mol. The number of hydrogen-bond donors (Lipinski definition) is 1. The first-order valence-corrected chi connectivity index (χ1v) is 3.81. The molecule has 1 rings (SSSR count). The minimum absolute atomic E-state index is 0.352. The summed E-state index contributed by atoms with van der Waals surface area (Å²) >= 11 is 3.88. The third kappa shape index (κ3) is 1.32. The van der Waals surface area contributed by atoms with Crippen molar-refractivity contribution < 1.29 is 9.90 Å². The molecular formula is C6H8Li2O2. The SMILES string of the molecule is [Li][CH]1CCC[C]1([Li])C(=O)O. The minimum atomic E-state index is -0.627. The van der Waals surface area contributed by atoms with E-state index in [9.17, 15) is 4.79 Å². The van der Waals surface area contributed by atoms with Gasteiger partial charge in [0.1, 0.15) is 0 Å². The third-order valence-corrected chi connectivity index (χ3v) is 2.91. The Kier molecular flexibility index (Phi) is 2.59. The fraction of sp³-hybridized carbons (Fsp3) is 0.833. The Bertz CT molecular complexity index is 160. The molecule has 0 heterocycles. The summed E-state index contributed by atoms with van der Waals surface area (Å²) in [6.07, 6.45) is 3.00. The van der Waals surface area contributed by atoms with Crippen molar-refractivity contribution in [3.8, 4) is 0 Å². The Labute approximate surface area is 79.2 Å². The molecule has 2 unspecified atom stereocenters. The van der Waals surface area contributed by atoms with Gasteiger partial charge in [0.05, 0.1) is 0 Å². The zero-order valence-corrected chi connectivity index (χ0v) is 6.55. The van der Waals surface area contributed by atoms with Gasteiger partial charge in [0, 0.05) is 0 Å². The van der Waals surface area contributed by atoms with Gasteiger partial charge in [-0.3, -0.25) is 0 Å². The molecule has 1 aliphatic rings. The second-order valence-electron chi connectivity index (χ2n) is 3.52. The Hall–Kier alpha value is 0.665. The first-order valence-electron chi connectivity index (χ1n) is 3.81. The molecule has 10 heavy (non-hydrogen) atoms. The van der Waals surface area contributed by atoms with Crippen molar-refractivity contribution >= 4 is 41.4 Å². The van der Waals surface area contributed by atoms with Crippen molar-refractivity contribution in [2.75, 3.05) is 0 Å². The van der Waals surface area contributed by atoms with E-state index >= 15 is 0 Å². The molecule has 0 amide bonds. The summed E-state index contributed by atoms with van der Waals surface area (Å²) in [6, 6.07) is 0. The van der Waals surface area contributed by atoms with Crippen molar-refractivity contribution in [2.45, 2.75) is 27.9 Å². The molecule has 0 aromatic rings. The van der Waals surface area contributed by atoms with Crippen molar-refractivity contribution in [3.05, 3.63) is 0 Å². The molecule has 1 saturated carbocycles. The number of carbonyl (C=O) groups is 1. The van der Waals surface area contributed by atoms with Gasteiger partial charge >= 0.3 is 79.2 Å². The number of rotatable bonds is 1. The van der Waals surface area contributed by atoms with Crippen molar-refractivity contribution in [1.29, 1.82) is 0 Å². The second-order valence-corrected chi connectivity index (χ2v) is 3.52. The van der Waals surface area contributed by atoms with Crippen LogP contribution in [-0.4, -0.2) is 46.5 Å². The van der Waals surface area contributed by atoms with E-state index < -0.39 is 10.1 Å². The Morgan fingerprint density at radius 1 is 1.70 bits per heavy atom. The maximum absolute atomic E-state index is 10.7. The zero-order chi connectivity index (χ0) is 7.78. The monoisotopic (exact) mass is 126 g/mol. The van der Waals surface area contributed by atoms with Gasteiger partial charge in [-0.1, -0.05) is 0 Å². The standard InChI is InChI=1S/C6H8O2.2Li/c7-6(8)5-3-1-2-4-5;;/h3H,1-2,4H2,(H,7,8);;. The van der Waals surface area contributed by atoms with Gasteiger partial charge in [0.2, 0.25) is 0 Å². The van der Waals surface area contributed by atoms with Crippen LogP contribution in [0.2, 0.25) is 8.68 Å². The normalized spacial score (nSPS) is 40.2. The summed E-state index contributed by atoms with van der Waals surface area (Å²) in [6.45, 7) is 0. The molecule has 0 spiro atoms. The molecule has 1 fully saturated rings. The summed E-state index contributed by atoms with van der Waals surface area (Å²) in [7, 11) is 0. The summed E-state index contributed by atoms with van der Waals surface area (Å²) in [5.74, 6) is -0.627. The van der Waals surface area contributed by atoms with Gasteiger partial charge in [-0.25, -0.2) is 0 Å². The summed E-state index contributed by atoms with van der Waals surface area (Å²) in [4.78, 5) is 10.7. The second kappa shape index (κ2) is 2.96. The van der Waals surface area contributed by atoms with Crippen molar-refractivity contribution in [2.24, 2.45) is 0 Å². The van der Waals surface area contributed by atoms with Crippen LogP contribution in [0.25, 0.3) is 0 Å². The van der Waals surface area contributed by atoms with E-state index in [0.717, 1.165) is 19.3 Å². The predicted molar refractivity (Wildman–Crippen MR) is 39.4 cm³/mol. The van der Waals surface area contributed by atoms with E-state index in [1.165, 1.54) is 0 Å². The molecule has 2 atom stereocenters. The molecule has 0 aromatic heterocycles. The van der Waals surface area contributed by atoms with E-state index in [0.29, 0.717) is 4.59 Å². The Balaban J connectivity index is 2.75. The summed E-state index contributed by atoms with van der Waals surface area (Å²) in [5, 5.41) is 8.84. The molecule has 0 aliphatic heterocycles.